The molecule has 0 saturated carbocycles. The van der Waals surface area contributed by atoms with Gasteiger partial charge in [0.05, 0.1) is 13.2 Å². The molecule has 3 aromatic rings. The van der Waals surface area contributed by atoms with Crippen molar-refractivity contribution in [2.75, 3.05) is 57.5 Å². The maximum Gasteiger partial charge on any atom is 0.257 e. The van der Waals surface area contributed by atoms with E-state index in [9.17, 15) is 9.59 Å². The van der Waals surface area contributed by atoms with Gasteiger partial charge in [0.1, 0.15) is 5.01 Å². The molecular formula is C25H31ClN6O3S. The molecule has 0 atom stereocenters. The van der Waals surface area contributed by atoms with E-state index in [4.69, 9.17) is 4.74 Å². The Labute approximate surface area is 221 Å². The number of methoxy groups -OCH3 is 1. The minimum absolute atomic E-state index is 0. The number of hydrogen-bond acceptors (Lipinski definition) is 8. The SMILES string of the molecule is COCc1ccc(C(=O)Nc2nnc(-c3ccccc3C)s2)cc1NC(=O)CN1CCN(C)CC1.Cl. The zero-order chi connectivity index (χ0) is 24.8. The Morgan fingerprint density at radius 1 is 1.06 bits per heavy atom. The van der Waals surface area contributed by atoms with Crippen LogP contribution in [0.2, 0.25) is 0 Å². The fraction of sp³-hybridized carbons (Fsp3) is 0.360. The van der Waals surface area contributed by atoms with Gasteiger partial charge in [0.25, 0.3) is 5.91 Å². The lowest BCUT2D eigenvalue weighted by molar-refractivity contribution is -0.117. The molecule has 36 heavy (non-hydrogen) atoms. The van der Waals surface area contributed by atoms with Crippen LogP contribution in [0.5, 0.6) is 0 Å². The van der Waals surface area contributed by atoms with Crippen LogP contribution in [0.15, 0.2) is 42.5 Å². The van der Waals surface area contributed by atoms with Gasteiger partial charge >= 0.3 is 0 Å². The average molecular weight is 531 g/mol. The second-order valence-corrected chi connectivity index (χ2v) is 9.59. The van der Waals surface area contributed by atoms with Gasteiger partial charge in [-0.3, -0.25) is 19.8 Å². The van der Waals surface area contributed by atoms with Gasteiger partial charge in [0.2, 0.25) is 11.0 Å². The van der Waals surface area contributed by atoms with Gasteiger partial charge in [-0.2, -0.15) is 0 Å². The first kappa shape index (κ1) is 27.7. The molecule has 0 radical (unpaired) electrons. The van der Waals surface area contributed by atoms with E-state index < -0.39 is 0 Å². The fourth-order valence-electron chi connectivity index (χ4n) is 3.88. The highest BCUT2D eigenvalue weighted by molar-refractivity contribution is 7.18. The Morgan fingerprint density at radius 2 is 1.81 bits per heavy atom. The summed E-state index contributed by atoms with van der Waals surface area (Å²) >= 11 is 1.32. The van der Waals surface area contributed by atoms with E-state index in [2.05, 4.69) is 37.7 Å². The second kappa shape index (κ2) is 12.9. The second-order valence-electron chi connectivity index (χ2n) is 8.61. The lowest BCUT2D eigenvalue weighted by atomic mass is 10.1. The molecule has 1 fully saturated rings. The Kier molecular flexibility index (Phi) is 9.91. The number of piperazine rings is 1. The molecule has 2 N–H and O–H groups in total. The van der Waals surface area contributed by atoms with Crippen molar-refractivity contribution in [1.82, 2.24) is 20.0 Å². The van der Waals surface area contributed by atoms with Crippen molar-refractivity contribution in [1.29, 1.82) is 0 Å². The van der Waals surface area contributed by atoms with E-state index in [1.54, 1.807) is 25.3 Å². The van der Waals surface area contributed by atoms with Crippen LogP contribution in [-0.4, -0.2) is 78.7 Å². The average Bonchev–Trinajstić information content (AvgIpc) is 3.30. The van der Waals surface area contributed by atoms with Gasteiger partial charge in [-0.25, -0.2) is 0 Å². The third kappa shape index (κ3) is 7.08. The third-order valence-corrected chi connectivity index (χ3v) is 6.80. The van der Waals surface area contributed by atoms with Gasteiger partial charge in [-0.05, 0) is 31.7 Å². The van der Waals surface area contributed by atoms with Crippen LogP contribution < -0.4 is 10.6 Å². The minimum atomic E-state index is -0.323. The Hall–Kier alpha value is -2.89. The summed E-state index contributed by atoms with van der Waals surface area (Å²) in [5.74, 6) is -0.438. The first-order valence-electron chi connectivity index (χ1n) is 11.5. The van der Waals surface area contributed by atoms with Crippen molar-refractivity contribution in [3.8, 4) is 10.6 Å². The summed E-state index contributed by atoms with van der Waals surface area (Å²) in [5, 5.41) is 15.3. The summed E-state index contributed by atoms with van der Waals surface area (Å²) in [6.07, 6.45) is 0. The number of benzene rings is 2. The van der Waals surface area contributed by atoms with Crippen LogP contribution >= 0.6 is 23.7 Å². The first-order chi connectivity index (χ1) is 16.9. The molecule has 2 aromatic carbocycles. The molecule has 2 heterocycles. The van der Waals surface area contributed by atoms with Gasteiger partial charge in [-0.15, -0.1) is 22.6 Å². The zero-order valence-electron chi connectivity index (χ0n) is 20.6. The number of anilines is 2. The normalized spacial score (nSPS) is 14.2. The van der Waals surface area contributed by atoms with Crippen LogP contribution in [0, 0.1) is 6.92 Å². The smallest absolute Gasteiger partial charge is 0.257 e. The van der Waals surface area contributed by atoms with Gasteiger partial charge in [0, 0.05) is 55.7 Å². The molecule has 0 aliphatic carbocycles. The number of halogens is 1. The molecule has 0 spiro atoms. The highest BCUT2D eigenvalue weighted by Gasteiger charge is 2.19. The monoisotopic (exact) mass is 530 g/mol. The molecule has 2 amide bonds. The topological polar surface area (TPSA) is 99.7 Å². The predicted molar refractivity (Wildman–Crippen MR) is 145 cm³/mol. The summed E-state index contributed by atoms with van der Waals surface area (Å²) < 4.78 is 5.28. The van der Waals surface area contributed by atoms with E-state index in [1.807, 2.05) is 31.2 Å². The Bertz CT molecular complexity index is 1200. The molecule has 0 bridgehead atoms. The molecular weight excluding hydrogens is 500 g/mol. The third-order valence-electron chi connectivity index (χ3n) is 5.93. The molecule has 4 rings (SSSR count). The summed E-state index contributed by atoms with van der Waals surface area (Å²) in [6, 6.07) is 13.1. The lowest BCUT2D eigenvalue weighted by Gasteiger charge is -2.31. The van der Waals surface area contributed by atoms with Crippen molar-refractivity contribution in [2.24, 2.45) is 0 Å². The number of amides is 2. The standard InChI is InChI=1S/C25H30N6O3S.ClH/c1-17-6-4-5-7-20(17)24-28-29-25(35-24)27-23(33)18-8-9-19(16-34-3)21(14-18)26-22(32)15-31-12-10-30(2)11-13-31;/h4-9,14H,10-13,15-16H2,1-3H3,(H,26,32)(H,27,29,33);1H. The number of rotatable bonds is 8. The largest absolute Gasteiger partial charge is 0.380 e. The number of nitrogens with zero attached hydrogens (tertiary/aromatic N) is 4. The maximum absolute atomic E-state index is 13.0. The van der Waals surface area contributed by atoms with Crippen LogP contribution in [0.1, 0.15) is 21.5 Å². The minimum Gasteiger partial charge on any atom is -0.380 e. The number of likely N-dealkylation sites (N-methyl/N-ethyl adjacent to an activating group) is 1. The maximum atomic E-state index is 13.0. The Morgan fingerprint density at radius 3 is 2.53 bits per heavy atom. The summed E-state index contributed by atoms with van der Waals surface area (Å²) in [4.78, 5) is 30.1. The van der Waals surface area contributed by atoms with Crippen LogP contribution in [0.25, 0.3) is 10.6 Å². The van der Waals surface area contributed by atoms with Crippen molar-refractivity contribution in [2.45, 2.75) is 13.5 Å². The zero-order valence-corrected chi connectivity index (χ0v) is 22.2. The van der Waals surface area contributed by atoms with E-state index in [0.29, 0.717) is 29.5 Å². The van der Waals surface area contributed by atoms with Crippen molar-refractivity contribution < 1.29 is 14.3 Å². The summed E-state index contributed by atoms with van der Waals surface area (Å²) in [6.45, 7) is 6.22. The highest BCUT2D eigenvalue weighted by atomic mass is 35.5. The van der Waals surface area contributed by atoms with Gasteiger partial charge in [0.15, 0.2) is 0 Å². The van der Waals surface area contributed by atoms with Gasteiger partial charge < -0.3 is 15.0 Å². The number of hydrogen-bond donors (Lipinski definition) is 2. The summed E-state index contributed by atoms with van der Waals surface area (Å²) in [5.41, 5.74) is 3.85. The van der Waals surface area contributed by atoms with E-state index in [0.717, 1.165) is 47.9 Å². The van der Waals surface area contributed by atoms with Crippen molar-refractivity contribution in [3.63, 3.8) is 0 Å². The lowest BCUT2D eigenvalue weighted by Crippen LogP contribution is -2.47. The molecule has 11 heteroatoms. The number of aromatic nitrogens is 2. The van der Waals surface area contributed by atoms with E-state index in [1.165, 1.54) is 11.3 Å². The van der Waals surface area contributed by atoms with Crippen LogP contribution in [0.3, 0.4) is 0 Å². The number of carbonyl (C=O) groups excluding carboxylic acids is 2. The number of nitrogens with one attached hydrogen (secondary N) is 2. The number of carbonyl (C=O) groups is 2. The Balaban J connectivity index is 0.00000361. The van der Waals surface area contributed by atoms with E-state index in [-0.39, 0.29) is 24.2 Å². The highest BCUT2D eigenvalue weighted by Crippen LogP contribution is 2.29. The molecule has 1 aliphatic rings. The van der Waals surface area contributed by atoms with Crippen molar-refractivity contribution in [3.05, 3.63) is 59.2 Å². The molecule has 1 saturated heterocycles. The molecule has 0 unspecified atom stereocenters. The van der Waals surface area contributed by atoms with Crippen LogP contribution in [0.4, 0.5) is 10.8 Å². The van der Waals surface area contributed by atoms with Crippen molar-refractivity contribution >= 4 is 46.4 Å². The predicted octanol–water partition coefficient (Wildman–Crippen LogP) is 3.52. The van der Waals surface area contributed by atoms with Crippen LogP contribution in [-0.2, 0) is 16.1 Å². The quantitative estimate of drug-likeness (QED) is 0.459. The van der Waals surface area contributed by atoms with Gasteiger partial charge in [-0.1, -0.05) is 41.7 Å². The number of aryl methyl sites for hydroxylation is 1. The molecule has 9 nitrogen and oxygen atoms in total. The number of ether oxygens (including phenoxy) is 1. The fourth-order valence-corrected chi connectivity index (χ4v) is 4.71. The molecule has 192 valence electrons. The van der Waals surface area contributed by atoms with E-state index >= 15 is 0 Å². The molecule has 1 aliphatic heterocycles. The molecule has 1 aromatic heterocycles. The summed E-state index contributed by atoms with van der Waals surface area (Å²) in [7, 11) is 3.67. The first-order valence-corrected chi connectivity index (χ1v) is 12.3.